The first-order valence-corrected chi connectivity index (χ1v) is 10.0. The highest BCUT2D eigenvalue weighted by atomic mass is 16.5. The van der Waals surface area contributed by atoms with Crippen LogP contribution in [-0.4, -0.2) is 41.6 Å². The van der Waals surface area contributed by atoms with Gasteiger partial charge in [0.15, 0.2) is 0 Å². The minimum atomic E-state index is -0.0605. The molecule has 3 fully saturated rings. The van der Waals surface area contributed by atoms with E-state index in [1.807, 2.05) is 30.3 Å². The zero-order chi connectivity index (χ0) is 19.3. The first-order valence-electron chi connectivity index (χ1n) is 10.0. The molecule has 3 N–H and O–H groups in total. The largest absolute Gasteiger partial charge is 0.488 e. The maximum Gasteiger partial charge on any atom is 0.129 e. The summed E-state index contributed by atoms with van der Waals surface area (Å²) in [5.74, 6) is 1.70. The molecule has 0 amide bonds. The van der Waals surface area contributed by atoms with E-state index in [-0.39, 0.29) is 7.03 Å². The molecule has 1 saturated carbocycles. The number of hydrogen-bond donors (Lipinski definition) is 2. The van der Waals surface area contributed by atoms with Gasteiger partial charge < -0.3 is 20.1 Å². The molecule has 6 nitrogen and oxygen atoms in total. The number of hydrogen-bond acceptors (Lipinski definition) is 6. The van der Waals surface area contributed by atoms with E-state index in [9.17, 15) is 0 Å². The van der Waals surface area contributed by atoms with Crippen LogP contribution in [0.4, 0.5) is 11.5 Å². The van der Waals surface area contributed by atoms with Gasteiger partial charge in [0, 0.05) is 24.4 Å². The fourth-order valence-electron chi connectivity index (χ4n) is 4.25. The Kier molecular flexibility index (Phi) is 4.05. The number of rotatable bonds is 5. The lowest BCUT2D eigenvalue weighted by Gasteiger charge is -2.35. The van der Waals surface area contributed by atoms with Gasteiger partial charge in [0.2, 0.25) is 0 Å². The average Bonchev–Trinajstić information content (AvgIpc) is 3.37. The van der Waals surface area contributed by atoms with Gasteiger partial charge in [0.05, 0.1) is 31.0 Å². The molecule has 2 saturated heterocycles. The summed E-state index contributed by atoms with van der Waals surface area (Å²) in [6.45, 7) is 3.62. The van der Waals surface area contributed by atoms with Crippen molar-refractivity contribution in [3.8, 4) is 5.75 Å². The highest BCUT2D eigenvalue weighted by Gasteiger charge is 2.40. The molecule has 148 valence electrons. The number of nitrogen functional groups attached to an aromatic ring is 1. The zero-order valence-electron chi connectivity index (χ0n) is 16.1. The van der Waals surface area contributed by atoms with Gasteiger partial charge in [-0.05, 0) is 62.9 Å². The number of aromatic nitrogens is 1. The molecule has 5 rings (SSSR count). The number of ether oxygens (including phenoxy) is 2. The molecule has 0 radical (unpaired) electrons. The minimum absolute atomic E-state index is 0. The Hall–Kier alpha value is -2.60. The number of anilines is 2. The SMILES string of the molecule is CC1(Oc2ccc(N)c(C(=N)c3ccnc(N4C5CCC4COC5)c3)c2)CC1.[HH]. The van der Waals surface area contributed by atoms with Crippen LogP contribution < -0.4 is 15.4 Å². The van der Waals surface area contributed by atoms with Crippen molar-refractivity contribution < 1.29 is 10.9 Å². The predicted octanol–water partition coefficient (Wildman–Crippen LogP) is 3.62. The van der Waals surface area contributed by atoms with E-state index in [0.29, 0.717) is 29.0 Å². The van der Waals surface area contributed by atoms with Gasteiger partial charge in [0.1, 0.15) is 17.2 Å². The molecule has 2 atom stereocenters. The van der Waals surface area contributed by atoms with Crippen LogP contribution in [-0.2, 0) is 4.74 Å². The zero-order valence-corrected chi connectivity index (χ0v) is 16.1. The van der Waals surface area contributed by atoms with Gasteiger partial charge in [-0.3, -0.25) is 5.41 Å². The number of pyridine rings is 1. The summed E-state index contributed by atoms with van der Waals surface area (Å²) in [5.41, 5.74) is 8.64. The van der Waals surface area contributed by atoms with Crippen LogP contribution >= 0.6 is 0 Å². The Balaban J connectivity index is 0.00000205. The third-order valence-corrected chi connectivity index (χ3v) is 6.15. The Bertz CT molecular complexity index is 915. The standard InChI is InChI=1S/C22H26N4O2.H2/c1-22(7-8-22)28-17-4-5-19(23)18(11-17)21(24)14-6-9-25-20(10-14)26-15-2-3-16(26)13-27-12-15;/h4-6,9-11,15-16,24H,2-3,7-8,12-13,23H2,1H3;1H. The number of nitrogens with two attached hydrogens (primary N) is 1. The Labute approximate surface area is 166 Å². The quantitative estimate of drug-likeness (QED) is 0.611. The van der Waals surface area contributed by atoms with Gasteiger partial charge in [0.25, 0.3) is 0 Å². The number of fused-ring (bicyclic) bond motifs is 2. The average molecular weight is 380 g/mol. The van der Waals surface area contributed by atoms with Gasteiger partial charge in [-0.25, -0.2) is 4.98 Å². The van der Waals surface area contributed by atoms with Crippen LogP contribution in [0.25, 0.3) is 0 Å². The second-order valence-electron chi connectivity index (χ2n) is 8.41. The molecule has 3 aliphatic rings. The fraction of sp³-hybridized carbons (Fsp3) is 0.455. The number of nitrogens with zero attached hydrogens (tertiary/aromatic N) is 2. The van der Waals surface area contributed by atoms with Gasteiger partial charge in [-0.1, -0.05) is 0 Å². The molecule has 1 aliphatic carbocycles. The lowest BCUT2D eigenvalue weighted by molar-refractivity contribution is 0.0902. The van der Waals surface area contributed by atoms with E-state index in [1.165, 1.54) is 0 Å². The first-order chi connectivity index (χ1) is 13.5. The molecule has 3 heterocycles. The van der Waals surface area contributed by atoms with E-state index >= 15 is 0 Å². The highest BCUT2D eigenvalue weighted by molar-refractivity contribution is 6.14. The van der Waals surface area contributed by atoms with E-state index in [1.54, 1.807) is 6.20 Å². The number of nitrogens with one attached hydrogen (secondary N) is 1. The summed E-state index contributed by atoms with van der Waals surface area (Å²) < 4.78 is 11.7. The van der Waals surface area contributed by atoms with E-state index < -0.39 is 0 Å². The van der Waals surface area contributed by atoms with Crippen molar-refractivity contribution in [3.05, 3.63) is 47.7 Å². The second kappa shape index (κ2) is 6.48. The highest BCUT2D eigenvalue weighted by Crippen LogP contribution is 2.40. The fourth-order valence-corrected chi connectivity index (χ4v) is 4.25. The number of morpholine rings is 1. The van der Waals surface area contributed by atoms with Crippen LogP contribution in [0.3, 0.4) is 0 Å². The van der Waals surface area contributed by atoms with E-state index in [4.69, 9.17) is 20.6 Å². The molecule has 2 aromatic rings. The minimum Gasteiger partial charge on any atom is -0.488 e. The van der Waals surface area contributed by atoms with Crippen molar-refractivity contribution in [2.75, 3.05) is 23.8 Å². The normalized spacial score (nSPS) is 24.8. The summed E-state index contributed by atoms with van der Waals surface area (Å²) in [5, 5.41) is 8.78. The topological polar surface area (TPSA) is 84.5 Å². The lowest BCUT2D eigenvalue weighted by Crippen LogP contribution is -2.46. The Morgan fingerprint density at radius 1 is 1.25 bits per heavy atom. The van der Waals surface area contributed by atoms with Crippen LogP contribution in [0.15, 0.2) is 36.5 Å². The summed E-state index contributed by atoms with van der Waals surface area (Å²) in [7, 11) is 0. The smallest absolute Gasteiger partial charge is 0.129 e. The van der Waals surface area contributed by atoms with Crippen molar-refractivity contribution in [3.63, 3.8) is 0 Å². The molecule has 1 aromatic heterocycles. The van der Waals surface area contributed by atoms with Crippen LogP contribution in [0.2, 0.25) is 0 Å². The Morgan fingerprint density at radius 2 is 2.00 bits per heavy atom. The van der Waals surface area contributed by atoms with Crippen molar-refractivity contribution >= 4 is 17.2 Å². The van der Waals surface area contributed by atoms with Crippen LogP contribution in [0, 0.1) is 5.41 Å². The molecular formula is C22H28N4O2. The van der Waals surface area contributed by atoms with Crippen molar-refractivity contribution in [2.45, 2.75) is 50.3 Å². The molecular weight excluding hydrogens is 352 g/mol. The van der Waals surface area contributed by atoms with Crippen LogP contribution in [0.1, 0.15) is 45.2 Å². The molecule has 28 heavy (non-hydrogen) atoms. The molecule has 0 spiro atoms. The van der Waals surface area contributed by atoms with E-state index in [0.717, 1.165) is 56.0 Å². The summed E-state index contributed by atoms with van der Waals surface area (Å²) in [6, 6.07) is 10.3. The predicted molar refractivity (Wildman–Crippen MR) is 112 cm³/mol. The van der Waals surface area contributed by atoms with Crippen LogP contribution in [0.5, 0.6) is 5.75 Å². The molecule has 2 bridgehead atoms. The maximum absolute atomic E-state index is 8.78. The summed E-state index contributed by atoms with van der Waals surface area (Å²) >= 11 is 0. The van der Waals surface area contributed by atoms with Gasteiger partial charge >= 0.3 is 0 Å². The molecule has 1 aromatic carbocycles. The Morgan fingerprint density at radius 3 is 2.71 bits per heavy atom. The van der Waals surface area contributed by atoms with Gasteiger partial charge in [-0.15, -0.1) is 0 Å². The van der Waals surface area contributed by atoms with Gasteiger partial charge in [-0.2, -0.15) is 0 Å². The maximum atomic E-state index is 8.78. The lowest BCUT2D eigenvalue weighted by atomic mass is 10.0. The molecule has 2 unspecified atom stereocenters. The summed E-state index contributed by atoms with van der Waals surface area (Å²) in [6.07, 6.45) is 6.20. The third-order valence-electron chi connectivity index (χ3n) is 6.15. The van der Waals surface area contributed by atoms with Crippen molar-refractivity contribution in [2.24, 2.45) is 0 Å². The molecule has 6 heteroatoms. The summed E-state index contributed by atoms with van der Waals surface area (Å²) in [4.78, 5) is 6.97. The number of benzene rings is 1. The van der Waals surface area contributed by atoms with Crippen molar-refractivity contribution in [1.29, 1.82) is 5.41 Å². The first kappa shape index (κ1) is 17.5. The second-order valence-corrected chi connectivity index (χ2v) is 8.41. The van der Waals surface area contributed by atoms with Crippen molar-refractivity contribution in [1.82, 2.24) is 4.98 Å². The van der Waals surface area contributed by atoms with E-state index in [2.05, 4.69) is 16.8 Å². The molecule has 2 aliphatic heterocycles. The monoisotopic (exact) mass is 380 g/mol. The third kappa shape index (κ3) is 3.11.